The molecule has 3 nitrogen and oxygen atoms in total. The van der Waals surface area contributed by atoms with E-state index in [0.717, 1.165) is 0 Å². The standard InChI is InChI=1S/C16H3F29O3.Na/c17-1(18)3(21,22)5(25,26)7(29,30)9(33,34)11(37,38)13(41)16(44,45)48-14(47-13,15(42,43)46)12(39,40)10(35,36)8(31,32)6(27,28)4(23,24)2(19)20;/h1-2,46H;. The van der Waals surface area contributed by atoms with E-state index in [-0.39, 0.29) is 29.6 Å². The van der Waals surface area contributed by atoms with Crippen molar-refractivity contribution in [1.29, 1.82) is 0 Å². The van der Waals surface area contributed by atoms with Gasteiger partial charge in [-0.25, -0.2) is 17.6 Å². The predicted octanol–water partition coefficient (Wildman–Crippen LogP) is 8.08. The molecule has 1 aliphatic heterocycles. The summed E-state index contributed by atoms with van der Waals surface area (Å²) in [4.78, 5) is 0. The van der Waals surface area contributed by atoms with Crippen molar-refractivity contribution >= 4 is 29.6 Å². The van der Waals surface area contributed by atoms with Crippen LogP contribution in [0.4, 0.5) is 127 Å². The van der Waals surface area contributed by atoms with Gasteiger partial charge in [0.2, 0.25) is 0 Å². The second-order valence-corrected chi connectivity index (χ2v) is 8.92. The van der Waals surface area contributed by atoms with Gasteiger partial charge in [-0.1, -0.05) is 0 Å². The van der Waals surface area contributed by atoms with Gasteiger partial charge in [-0.05, 0) is 0 Å². The van der Waals surface area contributed by atoms with Crippen molar-refractivity contribution in [2.75, 3.05) is 0 Å². The molecule has 1 heterocycles. The van der Waals surface area contributed by atoms with Gasteiger partial charge >= 0.3 is 95.9 Å². The molecular weight excluding hydrogens is 814 g/mol. The summed E-state index contributed by atoms with van der Waals surface area (Å²) in [5.41, 5.74) is 0. The molecule has 0 bridgehead atoms. The molecule has 0 amide bonds. The van der Waals surface area contributed by atoms with Gasteiger partial charge in [-0.15, -0.1) is 0 Å². The van der Waals surface area contributed by atoms with Gasteiger partial charge in [0, 0.05) is 29.6 Å². The molecule has 0 aromatic rings. The van der Waals surface area contributed by atoms with Crippen molar-refractivity contribution < 1.29 is 142 Å². The zero-order valence-corrected chi connectivity index (χ0v) is 23.4. The summed E-state index contributed by atoms with van der Waals surface area (Å²) in [6.07, 6.45) is -29.6. The Labute approximate surface area is 267 Å². The van der Waals surface area contributed by atoms with Crippen LogP contribution >= 0.6 is 0 Å². The van der Waals surface area contributed by atoms with E-state index in [2.05, 4.69) is 0 Å². The summed E-state index contributed by atoms with van der Waals surface area (Å²) < 4.78 is 394. The summed E-state index contributed by atoms with van der Waals surface area (Å²) in [6, 6.07) is 0. The van der Waals surface area contributed by atoms with Crippen LogP contribution in [0.15, 0.2) is 0 Å². The van der Waals surface area contributed by atoms with E-state index in [1.54, 1.807) is 0 Å². The molecule has 289 valence electrons. The van der Waals surface area contributed by atoms with E-state index in [1.165, 1.54) is 9.47 Å². The van der Waals surface area contributed by atoms with E-state index in [1.807, 2.05) is 0 Å². The minimum absolute atomic E-state index is 0. The van der Waals surface area contributed by atoms with Crippen LogP contribution in [0.1, 0.15) is 0 Å². The number of alkyl halides is 29. The van der Waals surface area contributed by atoms with Crippen LogP contribution in [0.25, 0.3) is 0 Å². The fourth-order valence-corrected chi connectivity index (χ4v) is 3.10. The molecule has 1 N–H and O–H groups in total. The number of ether oxygens (including phenoxy) is 2. The average Bonchev–Trinajstić information content (AvgIpc) is 3.10. The Kier molecular flexibility index (Phi) is 11.7. The first-order valence-corrected chi connectivity index (χ1v) is 10.2. The average molecular weight is 817 g/mol. The first-order valence-electron chi connectivity index (χ1n) is 10.2. The fraction of sp³-hybridized carbons (Fsp3) is 1.00. The SMILES string of the molecule is OC(F)(F)C1(C(F)(F)C(F)(F)C(F)(F)C(F)(F)C(F)(F)C(F)F)OC(F)(F)C(F)(C(F)(F)C(F)(F)C(F)(F)C(F)(F)C(F)(F)C(F)F)O1.[Na]. The van der Waals surface area contributed by atoms with E-state index in [9.17, 15) is 127 Å². The van der Waals surface area contributed by atoms with Gasteiger partial charge < -0.3 is 5.11 Å². The summed E-state index contributed by atoms with van der Waals surface area (Å²) in [6.45, 7) is 0. The van der Waals surface area contributed by atoms with E-state index in [0.29, 0.717) is 0 Å². The molecule has 1 saturated heterocycles. The van der Waals surface area contributed by atoms with Crippen LogP contribution in [0, 0.1) is 0 Å². The maximum Gasteiger partial charge on any atom is 0.424 e. The maximum atomic E-state index is 14.7. The Hall–Kier alpha value is -1.15. The van der Waals surface area contributed by atoms with Gasteiger partial charge in [-0.3, -0.25) is 9.47 Å². The summed E-state index contributed by atoms with van der Waals surface area (Å²) in [7, 11) is 0. The monoisotopic (exact) mass is 817 g/mol. The second-order valence-electron chi connectivity index (χ2n) is 8.92. The third-order valence-electron chi connectivity index (χ3n) is 5.90. The second kappa shape index (κ2) is 11.9. The van der Waals surface area contributed by atoms with Gasteiger partial charge in [0.25, 0.3) is 0 Å². The minimum Gasteiger partial charge on any atom is -0.332 e. The van der Waals surface area contributed by atoms with Gasteiger partial charge in [0.1, 0.15) is 0 Å². The molecular formula is C16H3F29NaO3. The van der Waals surface area contributed by atoms with Crippen molar-refractivity contribution in [1.82, 2.24) is 0 Å². The van der Waals surface area contributed by atoms with Crippen molar-refractivity contribution in [2.45, 2.75) is 95.9 Å². The normalized spacial score (nSPS) is 24.5. The summed E-state index contributed by atoms with van der Waals surface area (Å²) in [5.74, 6) is -108. The smallest absolute Gasteiger partial charge is 0.332 e. The summed E-state index contributed by atoms with van der Waals surface area (Å²) >= 11 is 0. The van der Waals surface area contributed by atoms with Crippen LogP contribution in [0.2, 0.25) is 0 Å². The zero-order valence-electron chi connectivity index (χ0n) is 21.4. The number of aliphatic hydroxyl groups is 1. The molecule has 33 heteroatoms. The maximum absolute atomic E-state index is 14.7. The first-order chi connectivity index (χ1) is 20.3. The Morgan fingerprint density at radius 3 is 0.918 bits per heavy atom. The van der Waals surface area contributed by atoms with E-state index < -0.39 is 95.9 Å². The minimum atomic E-state index is -9.45. The largest absolute Gasteiger partial charge is 0.424 e. The molecule has 1 fully saturated rings. The Bertz CT molecular complexity index is 1210. The van der Waals surface area contributed by atoms with Crippen LogP contribution in [-0.2, 0) is 9.47 Å². The number of rotatable bonds is 13. The van der Waals surface area contributed by atoms with Crippen molar-refractivity contribution in [2.24, 2.45) is 0 Å². The topological polar surface area (TPSA) is 38.7 Å². The van der Waals surface area contributed by atoms with Gasteiger partial charge in [0.05, 0.1) is 0 Å². The van der Waals surface area contributed by atoms with Gasteiger partial charge in [-0.2, -0.15) is 110 Å². The molecule has 1 radical (unpaired) electrons. The molecule has 2 atom stereocenters. The Morgan fingerprint density at radius 2 is 0.673 bits per heavy atom. The molecule has 2 unspecified atom stereocenters. The third kappa shape index (κ3) is 5.50. The predicted molar refractivity (Wildman–Crippen MR) is 88.1 cm³/mol. The van der Waals surface area contributed by atoms with Crippen molar-refractivity contribution in [3.63, 3.8) is 0 Å². The van der Waals surface area contributed by atoms with Crippen molar-refractivity contribution in [3.8, 4) is 0 Å². The molecule has 0 aliphatic carbocycles. The first kappa shape index (κ1) is 47.8. The molecule has 0 aromatic carbocycles. The summed E-state index contributed by atoms with van der Waals surface area (Å²) in [5, 5.41) is 8.29. The molecule has 0 saturated carbocycles. The molecule has 1 aliphatic rings. The van der Waals surface area contributed by atoms with Crippen LogP contribution < -0.4 is 0 Å². The van der Waals surface area contributed by atoms with E-state index >= 15 is 0 Å². The molecule has 1 rings (SSSR count). The Balaban J connectivity index is 0.0000230. The molecule has 49 heavy (non-hydrogen) atoms. The van der Waals surface area contributed by atoms with Crippen LogP contribution in [-0.4, -0.2) is 131 Å². The number of halogens is 29. The fourth-order valence-electron chi connectivity index (χ4n) is 3.10. The van der Waals surface area contributed by atoms with Crippen LogP contribution in [0.3, 0.4) is 0 Å². The zero-order chi connectivity index (χ0) is 39.6. The third-order valence-corrected chi connectivity index (χ3v) is 5.90. The van der Waals surface area contributed by atoms with Crippen LogP contribution in [0.5, 0.6) is 0 Å². The van der Waals surface area contributed by atoms with Crippen molar-refractivity contribution in [3.05, 3.63) is 0 Å². The molecule has 0 spiro atoms. The quantitative estimate of drug-likeness (QED) is 0.151. The molecule has 0 aromatic heterocycles. The number of hydrogen-bond donors (Lipinski definition) is 1. The number of hydrogen-bond acceptors (Lipinski definition) is 3. The Morgan fingerprint density at radius 1 is 0.408 bits per heavy atom. The van der Waals surface area contributed by atoms with E-state index in [4.69, 9.17) is 5.11 Å². The van der Waals surface area contributed by atoms with Gasteiger partial charge in [0.15, 0.2) is 0 Å².